The number of aliphatic carboxylic acids is 1. The summed E-state index contributed by atoms with van der Waals surface area (Å²) in [5.74, 6) is 0.198. The molecule has 104 valence electrons. The average Bonchev–Trinajstić information content (AvgIpc) is 2.46. The van der Waals surface area contributed by atoms with E-state index in [-0.39, 0.29) is 6.42 Å². The van der Waals surface area contributed by atoms with Gasteiger partial charge in [-0.05, 0) is 18.2 Å². The number of hydrogen-bond acceptors (Lipinski definition) is 5. The minimum Gasteiger partial charge on any atom is -0.493 e. The minimum atomic E-state index is -0.952. The third-order valence-corrected chi connectivity index (χ3v) is 2.75. The maximum atomic E-state index is 10.9. The third-order valence-electron chi connectivity index (χ3n) is 2.75. The Labute approximate surface area is 116 Å². The van der Waals surface area contributed by atoms with Crippen LogP contribution in [0.3, 0.4) is 0 Å². The topological polar surface area (TPSA) is 81.5 Å². The van der Waals surface area contributed by atoms with Crippen LogP contribution in [0.5, 0.6) is 11.5 Å². The van der Waals surface area contributed by atoms with Crippen LogP contribution >= 0.6 is 0 Å². The molecule has 0 aliphatic carbocycles. The van der Waals surface area contributed by atoms with E-state index in [4.69, 9.17) is 14.6 Å². The maximum Gasteiger partial charge on any atom is 0.309 e. The van der Waals surface area contributed by atoms with Crippen molar-refractivity contribution < 1.29 is 19.4 Å². The van der Waals surface area contributed by atoms with Gasteiger partial charge in [0, 0.05) is 18.0 Å². The number of carboxylic acids is 1. The lowest BCUT2D eigenvalue weighted by atomic mass is 10.1. The van der Waals surface area contributed by atoms with Gasteiger partial charge in [0.05, 0.1) is 32.0 Å². The highest BCUT2D eigenvalue weighted by molar-refractivity contribution is 5.74. The molecule has 0 bridgehead atoms. The van der Waals surface area contributed by atoms with Gasteiger partial charge in [0.25, 0.3) is 0 Å². The van der Waals surface area contributed by atoms with Crippen molar-refractivity contribution in [1.82, 2.24) is 9.97 Å². The Morgan fingerprint density at radius 1 is 1.15 bits per heavy atom. The first-order chi connectivity index (χ1) is 9.65. The van der Waals surface area contributed by atoms with E-state index in [2.05, 4.69) is 9.97 Å². The van der Waals surface area contributed by atoms with Gasteiger partial charge in [0.15, 0.2) is 11.5 Å². The van der Waals surface area contributed by atoms with Crippen molar-refractivity contribution in [2.24, 2.45) is 0 Å². The Morgan fingerprint density at radius 2 is 1.85 bits per heavy atom. The fourth-order valence-corrected chi connectivity index (χ4v) is 1.86. The molecular weight excluding hydrogens is 260 g/mol. The Bertz CT molecular complexity index is 628. The molecule has 0 radical (unpaired) electrons. The summed E-state index contributed by atoms with van der Waals surface area (Å²) in [6, 6.07) is 5.28. The number of carbonyl (C=O) groups is 1. The molecular formula is C14H14N2O4. The summed E-state index contributed by atoms with van der Waals surface area (Å²) in [7, 11) is 3.09. The van der Waals surface area contributed by atoms with E-state index in [9.17, 15) is 4.79 Å². The van der Waals surface area contributed by atoms with Crippen molar-refractivity contribution in [1.29, 1.82) is 0 Å². The molecule has 1 heterocycles. The van der Waals surface area contributed by atoms with E-state index in [0.717, 1.165) is 5.56 Å². The van der Waals surface area contributed by atoms with Crippen LogP contribution in [0.15, 0.2) is 30.6 Å². The molecule has 6 nitrogen and oxygen atoms in total. The summed E-state index contributed by atoms with van der Waals surface area (Å²) in [5, 5.41) is 8.91. The maximum absolute atomic E-state index is 10.9. The highest BCUT2D eigenvalue weighted by Crippen LogP contribution is 2.32. The third kappa shape index (κ3) is 2.85. The van der Waals surface area contributed by atoms with Crippen molar-refractivity contribution >= 4 is 5.97 Å². The van der Waals surface area contributed by atoms with Gasteiger partial charge in [-0.1, -0.05) is 0 Å². The first kappa shape index (κ1) is 13.8. The molecule has 1 aromatic carbocycles. The molecule has 20 heavy (non-hydrogen) atoms. The Hall–Kier alpha value is -2.63. The number of methoxy groups -OCH3 is 2. The molecule has 0 fully saturated rings. The lowest BCUT2D eigenvalue weighted by molar-refractivity contribution is -0.136. The molecule has 1 aromatic heterocycles. The number of nitrogens with zero attached hydrogens (tertiary/aromatic N) is 2. The summed E-state index contributed by atoms with van der Waals surface area (Å²) in [4.78, 5) is 19.2. The molecule has 0 spiro atoms. The van der Waals surface area contributed by atoms with Gasteiger partial charge in [0.1, 0.15) is 0 Å². The van der Waals surface area contributed by atoms with Crippen molar-refractivity contribution in [3.63, 3.8) is 0 Å². The van der Waals surface area contributed by atoms with Crippen LogP contribution in [-0.2, 0) is 11.2 Å². The number of rotatable bonds is 5. The SMILES string of the molecule is COc1ccc(-c2nccnc2CC(=O)O)cc1OC. The summed E-state index contributed by atoms with van der Waals surface area (Å²) in [6.07, 6.45) is 2.82. The number of carboxylic acid groups (broad SMARTS) is 1. The summed E-state index contributed by atoms with van der Waals surface area (Å²) >= 11 is 0. The Morgan fingerprint density at radius 3 is 2.50 bits per heavy atom. The second-order valence-electron chi connectivity index (χ2n) is 3.99. The Balaban J connectivity index is 2.48. The van der Waals surface area contributed by atoms with Gasteiger partial charge < -0.3 is 14.6 Å². The van der Waals surface area contributed by atoms with Crippen molar-refractivity contribution in [2.45, 2.75) is 6.42 Å². The summed E-state index contributed by atoms with van der Waals surface area (Å²) in [6.45, 7) is 0. The molecule has 2 aromatic rings. The van der Waals surface area contributed by atoms with Crippen LogP contribution in [0.1, 0.15) is 5.69 Å². The largest absolute Gasteiger partial charge is 0.493 e. The van der Waals surface area contributed by atoms with Crippen LogP contribution in [0.4, 0.5) is 0 Å². The number of aromatic nitrogens is 2. The van der Waals surface area contributed by atoms with Crippen LogP contribution < -0.4 is 9.47 Å². The molecule has 1 N–H and O–H groups in total. The second-order valence-corrected chi connectivity index (χ2v) is 3.99. The molecule has 0 saturated heterocycles. The lowest BCUT2D eigenvalue weighted by Crippen LogP contribution is -2.05. The van der Waals surface area contributed by atoms with E-state index < -0.39 is 5.97 Å². The first-order valence-electron chi connectivity index (χ1n) is 5.89. The van der Waals surface area contributed by atoms with E-state index >= 15 is 0 Å². The standard InChI is InChI=1S/C14H14N2O4/c1-19-11-4-3-9(7-12(11)20-2)14-10(8-13(17)18)15-5-6-16-14/h3-7H,8H2,1-2H3,(H,17,18). The van der Waals surface area contributed by atoms with Crippen LogP contribution in [0.25, 0.3) is 11.3 Å². The molecule has 0 saturated carbocycles. The Kier molecular flexibility index (Phi) is 4.14. The number of hydrogen-bond donors (Lipinski definition) is 1. The van der Waals surface area contributed by atoms with Crippen LogP contribution in [-0.4, -0.2) is 35.3 Å². The zero-order valence-corrected chi connectivity index (χ0v) is 11.2. The normalized spacial score (nSPS) is 10.1. The van der Waals surface area contributed by atoms with Crippen molar-refractivity contribution in [3.05, 3.63) is 36.3 Å². The highest BCUT2D eigenvalue weighted by atomic mass is 16.5. The van der Waals surface area contributed by atoms with Gasteiger partial charge in [-0.25, -0.2) is 0 Å². The van der Waals surface area contributed by atoms with E-state index in [1.165, 1.54) is 19.5 Å². The molecule has 6 heteroatoms. The molecule has 2 rings (SSSR count). The van der Waals surface area contributed by atoms with Crippen molar-refractivity contribution in [3.8, 4) is 22.8 Å². The summed E-state index contributed by atoms with van der Waals surface area (Å²) in [5.41, 5.74) is 1.66. The van der Waals surface area contributed by atoms with Crippen LogP contribution in [0, 0.1) is 0 Å². The second kappa shape index (κ2) is 6.01. The number of benzene rings is 1. The zero-order valence-electron chi connectivity index (χ0n) is 11.2. The monoisotopic (exact) mass is 274 g/mol. The molecule has 0 aliphatic heterocycles. The minimum absolute atomic E-state index is 0.183. The molecule has 0 aliphatic rings. The average molecular weight is 274 g/mol. The van der Waals surface area contributed by atoms with Crippen LogP contribution in [0.2, 0.25) is 0 Å². The fourth-order valence-electron chi connectivity index (χ4n) is 1.86. The quantitative estimate of drug-likeness (QED) is 0.895. The van der Waals surface area contributed by atoms with E-state index in [1.807, 2.05) is 0 Å². The summed E-state index contributed by atoms with van der Waals surface area (Å²) < 4.78 is 10.4. The highest BCUT2D eigenvalue weighted by Gasteiger charge is 2.13. The first-order valence-corrected chi connectivity index (χ1v) is 5.89. The lowest BCUT2D eigenvalue weighted by Gasteiger charge is -2.10. The van der Waals surface area contributed by atoms with E-state index in [1.54, 1.807) is 25.3 Å². The van der Waals surface area contributed by atoms with Gasteiger partial charge in [-0.3, -0.25) is 14.8 Å². The van der Waals surface area contributed by atoms with Gasteiger partial charge in [-0.2, -0.15) is 0 Å². The molecule has 0 unspecified atom stereocenters. The predicted octanol–water partition coefficient (Wildman–Crippen LogP) is 1.79. The molecule has 0 amide bonds. The predicted molar refractivity (Wildman–Crippen MR) is 71.9 cm³/mol. The van der Waals surface area contributed by atoms with E-state index in [0.29, 0.717) is 22.9 Å². The molecule has 0 atom stereocenters. The van der Waals surface area contributed by atoms with Gasteiger partial charge in [-0.15, -0.1) is 0 Å². The van der Waals surface area contributed by atoms with Gasteiger partial charge in [0.2, 0.25) is 0 Å². The van der Waals surface area contributed by atoms with Gasteiger partial charge >= 0.3 is 5.97 Å². The smallest absolute Gasteiger partial charge is 0.309 e. The number of ether oxygens (including phenoxy) is 2. The zero-order chi connectivity index (χ0) is 14.5. The van der Waals surface area contributed by atoms with Crippen molar-refractivity contribution in [2.75, 3.05) is 14.2 Å². The fraction of sp³-hybridized carbons (Fsp3) is 0.214.